The van der Waals surface area contributed by atoms with Gasteiger partial charge < -0.3 is 5.32 Å². The zero-order valence-corrected chi connectivity index (χ0v) is 11.4. The molecule has 0 radical (unpaired) electrons. The van der Waals surface area contributed by atoms with Crippen LogP contribution in [0.25, 0.3) is 6.08 Å². The minimum atomic E-state index is -0.211. The molecule has 0 fully saturated rings. The normalized spacial score (nSPS) is 10.6. The molecule has 0 aromatic heterocycles. The van der Waals surface area contributed by atoms with Gasteiger partial charge in [0.25, 0.3) is 0 Å². The van der Waals surface area contributed by atoms with Crippen LogP contribution in [-0.2, 0) is 4.79 Å². The van der Waals surface area contributed by atoms with Crippen LogP contribution >= 0.6 is 23.2 Å². The number of carbonyl (C=O) groups excluding carboxylic acids is 1. The van der Waals surface area contributed by atoms with Gasteiger partial charge in [-0.15, -0.1) is 0 Å². The number of rotatable bonds is 3. The molecule has 0 saturated heterocycles. The van der Waals surface area contributed by atoms with Crippen molar-refractivity contribution in [2.45, 2.75) is 0 Å². The summed E-state index contributed by atoms with van der Waals surface area (Å²) in [6.07, 6.45) is 3.18. The molecule has 0 aliphatic rings. The summed E-state index contributed by atoms with van der Waals surface area (Å²) in [5, 5.41) is 3.98. The molecule has 2 rings (SSSR count). The van der Waals surface area contributed by atoms with Crippen molar-refractivity contribution in [3.8, 4) is 0 Å². The number of benzene rings is 2. The second-order valence-corrected chi connectivity index (χ2v) is 4.76. The van der Waals surface area contributed by atoms with Crippen molar-refractivity contribution >= 4 is 40.9 Å². The van der Waals surface area contributed by atoms with Gasteiger partial charge in [0, 0.05) is 21.8 Å². The van der Waals surface area contributed by atoms with E-state index in [1.807, 2.05) is 12.1 Å². The lowest BCUT2D eigenvalue weighted by molar-refractivity contribution is -0.111. The zero-order chi connectivity index (χ0) is 13.7. The Morgan fingerprint density at radius 1 is 1.00 bits per heavy atom. The number of hydrogen-bond acceptors (Lipinski definition) is 1. The molecule has 1 N–H and O–H groups in total. The molecule has 0 saturated carbocycles. The first-order chi connectivity index (χ1) is 9.13. The Morgan fingerprint density at radius 2 is 1.74 bits per heavy atom. The van der Waals surface area contributed by atoms with Crippen LogP contribution in [-0.4, -0.2) is 5.91 Å². The Bertz CT molecular complexity index is 606. The fourth-order valence-corrected chi connectivity index (χ4v) is 1.81. The van der Waals surface area contributed by atoms with Crippen LogP contribution < -0.4 is 5.32 Å². The van der Waals surface area contributed by atoms with E-state index in [0.717, 1.165) is 5.56 Å². The Kier molecular flexibility index (Phi) is 4.61. The second-order valence-electron chi connectivity index (χ2n) is 3.88. The average molecular weight is 292 g/mol. The largest absolute Gasteiger partial charge is 0.322 e. The first-order valence-corrected chi connectivity index (χ1v) is 6.39. The molecule has 0 bridgehead atoms. The van der Waals surface area contributed by atoms with Crippen LogP contribution in [0.5, 0.6) is 0 Å². The third kappa shape index (κ3) is 4.43. The molecule has 0 heterocycles. The first kappa shape index (κ1) is 13.7. The van der Waals surface area contributed by atoms with Gasteiger partial charge in [0.2, 0.25) is 5.91 Å². The van der Waals surface area contributed by atoms with E-state index < -0.39 is 0 Å². The summed E-state index contributed by atoms with van der Waals surface area (Å²) in [7, 11) is 0. The summed E-state index contributed by atoms with van der Waals surface area (Å²) in [5.41, 5.74) is 1.57. The Labute approximate surface area is 121 Å². The highest BCUT2D eigenvalue weighted by atomic mass is 35.5. The Balaban J connectivity index is 1.99. The van der Waals surface area contributed by atoms with Crippen molar-refractivity contribution in [3.63, 3.8) is 0 Å². The third-order valence-corrected chi connectivity index (χ3v) is 2.88. The number of nitrogens with one attached hydrogen (secondary N) is 1. The van der Waals surface area contributed by atoms with E-state index in [9.17, 15) is 4.79 Å². The number of hydrogen-bond donors (Lipinski definition) is 1. The maximum absolute atomic E-state index is 11.7. The van der Waals surface area contributed by atoms with E-state index in [2.05, 4.69) is 5.32 Å². The number of halogens is 2. The van der Waals surface area contributed by atoms with Gasteiger partial charge in [-0.1, -0.05) is 41.4 Å². The Morgan fingerprint density at radius 3 is 2.42 bits per heavy atom. The van der Waals surface area contributed by atoms with Gasteiger partial charge in [0.1, 0.15) is 0 Å². The highest BCUT2D eigenvalue weighted by Crippen LogP contribution is 2.15. The van der Waals surface area contributed by atoms with Gasteiger partial charge in [-0.05, 0) is 42.0 Å². The molecule has 0 atom stereocenters. The molecular weight excluding hydrogens is 281 g/mol. The standard InChI is InChI=1S/C15H11Cl2NO/c16-12-7-4-11(5-8-12)6-9-15(19)18-14-3-1-2-13(17)10-14/h1-10H,(H,18,19)/b9-6-. The van der Waals surface area contributed by atoms with Crippen molar-refractivity contribution in [2.24, 2.45) is 0 Å². The molecule has 4 heteroatoms. The van der Waals surface area contributed by atoms with Crippen molar-refractivity contribution in [2.75, 3.05) is 5.32 Å². The van der Waals surface area contributed by atoms with E-state index in [4.69, 9.17) is 23.2 Å². The minimum absolute atomic E-state index is 0.211. The van der Waals surface area contributed by atoms with E-state index >= 15 is 0 Å². The predicted octanol–water partition coefficient (Wildman–Crippen LogP) is 4.65. The van der Waals surface area contributed by atoms with Gasteiger partial charge in [0.05, 0.1) is 0 Å². The summed E-state index contributed by atoms with van der Waals surface area (Å²) < 4.78 is 0. The molecule has 19 heavy (non-hydrogen) atoms. The van der Waals surface area contributed by atoms with E-state index in [1.54, 1.807) is 42.5 Å². The van der Waals surface area contributed by atoms with Crippen molar-refractivity contribution in [1.29, 1.82) is 0 Å². The topological polar surface area (TPSA) is 29.1 Å². The lowest BCUT2D eigenvalue weighted by Gasteiger charge is -2.02. The van der Waals surface area contributed by atoms with Crippen LogP contribution in [0.15, 0.2) is 54.6 Å². The molecule has 2 aromatic rings. The lowest BCUT2D eigenvalue weighted by Crippen LogP contribution is -2.07. The maximum Gasteiger partial charge on any atom is 0.248 e. The van der Waals surface area contributed by atoms with Crippen LogP contribution in [0.2, 0.25) is 10.0 Å². The highest BCUT2D eigenvalue weighted by Gasteiger charge is 1.98. The fourth-order valence-electron chi connectivity index (χ4n) is 1.50. The van der Waals surface area contributed by atoms with Gasteiger partial charge in [-0.3, -0.25) is 4.79 Å². The van der Waals surface area contributed by atoms with Gasteiger partial charge in [-0.2, -0.15) is 0 Å². The molecule has 2 aromatic carbocycles. The van der Waals surface area contributed by atoms with Crippen molar-refractivity contribution in [1.82, 2.24) is 0 Å². The smallest absolute Gasteiger partial charge is 0.248 e. The predicted molar refractivity (Wildman–Crippen MR) is 80.6 cm³/mol. The Hall–Kier alpha value is -1.77. The molecule has 0 unspecified atom stereocenters. The maximum atomic E-state index is 11.7. The summed E-state index contributed by atoms with van der Waals surface area (Å²) in [5.74, 6) is -0.211. The van der Waals surface area contributed by atoms with Crippen molar-refractivity contribution in [3.05, 3.63) is 70.2 Å². The summed E-state index contributed by atoms with van der Waals surface area (Å²) in [6.45, 7) is 0. The number of carbonyl (C=O) groups is 1. The first-order valence-electron chi connectivity index (χ1n) is 5.64. The van der Waals surface area contributed by atoms with Crippen LogP contribution in [0.1, 0.15) is 5.56 Å². The third-order valence-electron chi connectivity index (χ3n) is 2.39. The molecule has 0 aliphatic carbocycles. The molecule has 2 nitrogen and oxygen atoms in total. The van der Waals surface area contributed by atoms with Crippen molar-refractivity contribution < 1.29 is 4.79 Å². The minimum Gasteiger partial charge on any atom is -0.322 e. The summed E-state index contributed by atoms with van der Waals surface area (Å²) >= 11 is 11.6. The van der Waals surface area contributed by atoms with E-state index in [0.29, 0.717) is 15.7 Å². The SMILES string of the molecule is O=C(/C=C\c1ccc(Cl)cc1)Nc1cccc(Cl)c1. The fraction of sp³-hybridized carbons (Fsp3) is 0. The van der Waals surface area contributed by atoms with Gasteiger partial charge >= 0.3 is 0 Å². The number of amides is 1. The van der Waals surface area contributed by atoms with E-state index in [-0.39, 0.29) is 5.91 Å². The number of anilines is 1. The lowest BCUT2D eigenvalue weighted by atomic mass is 10.2. The molecule has 0 spiro atoms. The van der Waals surface area contributed by atoms with Crippen LogP contribution in [0, 0.1) is 0 Å². The molecule has 0 aliphatic heterocycles. The summed E-state index contributed by atoms with van der Waals surface area (Å²) in [6, 6.07) is 14.2. The second kappa shape index (κ2) is 6.41. The van der Waals surface area contributed by atoms with Crippen LogP contribution in [0.3, 0.4) is 0 Å². The molecule has 1 amide bonds. The quantitative estimate of drug-likeness (QED) is 0.820. The van der Waals surface area contributed by atoms with E-state index in [1.165, 1.54) is 6.08 Å². The van der Waals surface area contributed by atoms with Gasteiger partial charge in [0.15, 0.2) is 0 Å². The zero-order valence-electron chi connectivity index (χ0n) is 9.94. The highest BCUT2D eigenvalue weighted by molar-refractivity contribution is 6.31. The molecule has 96 valence electrons. The molecular formula is C15H11Cl2NO. The summed E-state index contributed by atoms with van der Waals surface area (Å²) in [4.78, 5) is 11.7. The monoisotopic (exact) mass is 291 g/mol. The van der Waals surface area contributed by atoms with Crippen LogP contribution in [0.4, 0.5) is 5.69 Å². The van der Waals surface area contributed by atoms with Gasteiger partial charge in [-0.25, -0.2) is 0 Å². The average Bonchev–Trinajstić information content (AvgIpc) is 2.38.